The predicted molar refractivity (Wildman–Crippen MR) is 72.7 cm³/mol. The molecule has 0 radical (unpaired) electrons. The summed E-state index contributed by atoms with van der Waals surface area (Å²) in [5.41, 5.74) is 1.22. The van der Waals surface area contributed by atoms with Crippen LogP contribution in [0, 0.1) is 0 Å². The summed E-state index contributed by atoms with van der Waals surface area (Å²) in [5, 5.41) is 0. The summed E-state index contributed by atoms with van der Waals surface area (Å²) < 4.78 is 5.02. The largest absolute Gasteiger partial charge is 0.462 e. The molecule has 94 valence electrons. The van der Waals surface area contributed by atoms with Gasteiger partial charge in [-0.1, -0.05) is 39.2 Å². The summed E-state index contributed by atoms with van der Waals surface area (Å²) in [7, 11) is -0.395. The molecule has 0 spiro atoms. The molecule has 0 fully saturated rings. The van der Waals surface area contributed by atoms with E-state index in [2.05, 4.69) is 13.5 Å². The highest BCUT2D eigenvalue weighted by Gasteiger charge is 2.07. The van der Waals surface area contributed by atoms with E-state index < -0.39 is 8.83 Å². The predicted octanol–water partition coefficient (Wildman–Crippen LogP) is 3.19. The Labute approximate surface area is 106 Å². The minimum Gasteiger partial charge on any atom is -0.462 e. The second kappa shape index (κ2) is 9.91. The van der Waals surface area contributed by atoms with Crippen molar-refractivity contribution in [2.75, 3.05) is 6.61 Å². The summed E-state index contributed by atoms with van der Waals surface area (Å²) in [4.78, 5) is 11.1. The van der Waals surface area contributed by atoms with Crippen molar-refractivity contribution in [3.05, 3.63) is 12.2 Å². The van der Waals surface area contributed by atoms with E-state index in [4.69, 9.17) is 15.8 Å². The van der Waals surface area contributed by atoms with Gasteiger partial charge in [0.15, 0.2) is 0 Å². The number of halogens is 1. The van der Waals surface area contributed by atoms with Crippen LogP contribution >= 0.6 is 11.1 Å². The van der Waals surface area contributed by atoms with Crippen LogP contribution in [0.15, 0.2) is 12.2 Å². The zero-order valence-corrected chi connectivity index (χ0v) is 12.6. The molecule has 0 saturated carbocycles. The van der Waals surface area contributed by atoms with E-state index in [1.54, 1.807) is 6.92 Å². The molecule has 0 heterocycles. The average Bonchev–Trinajstić information content (AvgIpc) is 2.26. The van der Waals surface area contributed by atoms with Crippen LogP contribution in [0.4, 0.5) is 0 Å². The molecular weight excluding hydrogens is 240 g/mol. The molecule has 4 heteroatoms. The molecule has 0 aliphatic heterocycles. The molecule has 0 aromatic rings. The van der Waals surface area contributed by atoms with Crippen molar-refractivity contribution in [1.29, 1.82) is 0 Å². The average molecular weight is 263 g/mol. The molecule has 0 rings (SSSR count). The van der Waals surface area contributed by atoms with E-state index in [0.29, 0.717) is 12.2 Å². The fourth-order valence-electron chi connectivity index (χ4n) is 1.53. The first-order valence-electron chi connectivity index (χ1n) is 6.00. The van der Waals surface area contributed by atoms with Gasteiger partial charge in [-0.25, -0.2) is 4.79 Å². The van der Waals surface area contributed by atoms with Crippen molar-refractivity contribution in [3.63, 3.8) is 0 Å². The molecule has 0 aromatic heterocycles. The summed E-state index contributed by atoms with van der Waals surface area (Å²) in [6.07, 6.45) is 5.70. The van der Waals surface area contributed by atoms with Crippen LogP contribution in [0.2, 0.25) is 5.54 Å². The number of carbonyl (C=O) groups is 1. The molecule has 1 atom stereocenters. The lowest BCUT2D eigenvalue weighted by Gasteiger charge is -2.11. The van der Waals surface area contributed by atoms with Crippen LogP contribution in [0.5, 0.6) is 0 Å². The number of ether oxygens (including phenoxy) is 1. The van der Waals surface area contributed by atoms with Gasteiger partial charge in [0, 0.05) is 5.57 Å². The molecule has 0 N–H and O–H groups in total. The first kappa shape index (κ1) is 15.7. The SMILES string of the molecule is C=C(C)C(=O)OCCCCC(CCC)[SiH2]Cl. The summed E-state index contributed by atoms with van der Waals surface area (Å²) in [5.74, 6) is -0.281. The third-order valence-corrected chi connectivity index (χ3v) is 5.07. The zero-order valence-electron chi connectivity index (χ0n) is 10.4. The van der Waals surface area contributed by atoms with Crippen LogP contribution < -0.4 is 0 Å². The Balaban J connectivity index is 3.45. The van der Waals surface area contributed by atoms with Gasteiger partial charge >= 0.3 is 5.97 Å². The minimum absolute atomic E-state index is 0.281. The quantitative estimate of drug-likeness (QED) is 0.210. The first-order valence-corrected chi connectivity index (χ1v) is 8.95. The van der Waals surface area contributed by atoms with Crippen LogP contribution in [0.25, 0.3) is 0 Å². The summed E-state index contributed by atoms with van der Waals surface area (Å²) >= 11 is 5.99. The molecule has 0 aromatic carbocycles. The van der Waals surface area contributed by atoms with Gasteiger partial charge in [0.25, 0.3) is 0 Å². The Morgan fingerprint density at radius 2 is 2.12 bits per heavy atom. The first-order chi connectivity index (χ1) is 7.61. The summed E-state index contributed by atoms with van der Waals surface area (Å²) in [6.45, 7) is 7.90. The second-order valence-electron chi connectivity index (χ2n) is 4.22. The van der Waals surface area contributed by atoms with E-state index >= 15 is 0 Å². The Bertz CT molecular complexity index is 219. The number of unbranched alkanes of at least 4 members (excludes halogenated alkanes) is 1. The number of esters is 1. The molecule has 0 aliphatic rings. The fourth-order valence-corrected chi connectivity index (χ4v) is 3.46. The van der Waals surface area contributed by atoms with Crippen molar-refractivity contribution in [1.82, 2.24) is 0 Å². The molecule has 0 amide bonds. The van der Waals surface area contributed by atoms with Crippen molar-refractivity contribution >= 4 is 25.9 Å². The molecule has 1 unspecified atom stereocenters. The van der Waals surface area contributed by atoms with Crippen molar-refractivity contribution in [3.8, 4) is 0 Å². The van der Waals surface area contributed by atoms with E-state index in [9.17, 15) is 4.79 Å². The molecular formula is C12H23ClO2Si. The molecule has 0 bridgehead atoms. The highest BCUT2D eigenvalue weighted by atomic mass is 35.6. The maximum absolute atomic E-state index is 11.1. The second-order valence-corrected chi connectivity index (χ2v) is 6.61. The smallest absolute Gasteiger partial charge is 0.333 e. The lowest BCUT2D eigenvalue weighted by molar-refractivity contribution is -0.139. The number of hydrogen-bond donors (Lipinski definition) is 0. The van der Waals surface area contributed by atoms with Crippen molar-refractivity contribution in [2.24, 2.45) is 0 Å². The molecule has 2 nitrogen and oxygen atoms in total. The Kier molecular flexibility index (Phi) is 9.73. The summed E-state index contributed by atoms with van der Waals surface area (Å²) in [6, 6.07) is 0. The van der Waals surface area contributed by atoms with E-state index in [-0.39, 0.29) is 5.97 Å². The number of rotatable bonds is 9. The van der Waals surface area contributed by atoms with E-state index in [1.807, 2.05) is 0 Å². The van der Waals surface area contributed by atoms with Gasteiger partial charge in [-0.2, -0.15) is 11.1 Å². The fraction of sp³-hybridized carbons (Fsp3) is 0.750. The van der Waals surface area contributed by atoms with Crippen molar-refractivity contribution < 1.29 is 9.53 Å². The Hall–Kier alpha value is -0.283. The van der Waals surface area contributed by atoms with Gasteiger partial charge in [0.2, 0.25) is 0 Å². The number of hydrogen-bond acceptors (Lipinski definition) is 2. The minimum atomic E-state index is -0.395. The zero-order chi connectivity index (χ0) is 12.4. The maximum atomic E-state index is 11.1. The highest BCUT2D eigenvalue weighted by molar-refractivity contribution is 6.94. The molecule has 0 saturated heterocycles. The van der Waals surface area contributed by atoms with Gasteiger partial charge in [0.1, 0.15) is 8.83 Å². The van der Waals surface area contributed by atoms with E-state index in [0.717, 1.165) is 18.4 Å². The third kappa shape index (κ3) is 7.94. The normalized spacial score (nSPS) is 12.9. The Morgan fingerprint density at radius 1 is 1.44 bits per heavy atom. The van der Waals surface area contributed by atoms with Crippen LogP contribution in [0.1, 0.15) is 46.0 Å². The van der Waals surface area contributed by atoms with Crippen LogP contribution in [-0.4, -0.2) is 21.4 Å². The van der Waals surface area contributed by atoms with Crippen LogP contribution in [-0.2, 0) is 9.53 Å². The third-order valence-electron chi connectivity index (χ3n) is 2.50. The molecule has 0 aliphatic carbocycles. The van der Waals surface area contributed by atoms with E-state index in [1.165, 1.54) is 19.3 Å². The lowest BCUT2D eigenvalue weighted by atomic mass is 10.1. The van der Waals surface area contributed by atoms with Crippen molar-refractivity contribution in [2.45, 2.75) is 51.5 Å². The highest BCUT2D eigenvalue weighted by Crippen LogP contribution is 2.20. The van der Waals surface area contributed by atoms with Gasteiger partial charge in [0.05, 0.1) is 6.61 Å². The topological polar surface area (TPSA) is 26.3 Å². The monoisotopic (exact) mass is 262 g/mol. The van der Waals surface area contributed by atoms with Gasteiger partial charge in [-0.05, 0) is 18.9 Å². The number of carbonyl (C=O) groups excluding carboxylic acids is 1. The molecule has 16 heavy (non-hydrogen) atoms. The Morgan fingerprint density at radius 3 is 2.62 bits per heavy atom. The maximum Gasteiger partial charge on any atom is 0.333 e. The lowest BCUT2D eigenvalue weighted by Crippen LogP contribution is -2.06. The van der Waals surface area contributed by atoms with Gasteiger partial charge in [-0.3, -0.25) is 0 Å². The van der Waals surface area contributed by atoms with Gasteiger partial charge in [-0.15, -0.1) is 0 Å². The van der Waals surface area contributed by atoms with Crippen LogP contribution in [0.3, 0.4) is 0 Å². The van der Waals surface area contributed by atoms with Gasteiger partial charge < -0.3 is 4.74 Å². The standard InChI is InChI=1S/C12H23ClO2Si/c1-4-7-11(16-13)8-5-6-9-15-12(14)10(2)3/h11H,2,4-9,16H2,1,3H3.